The first-order chi connectivity index (χ1) is 11.1. The van der Waals surface area contributed by atoms with Crippen LogP contribution in [0.2, 0.25) is 0 Å². The van der Waals surface area contributed by atoms with Gasteiger partial charge >= 0.3 is 0 Å². The van der Waals surface area contributed by atoms with Crippen LogP contribution in [0, 0.1) is 10.1 Å². The smallest absolute Gasteiger partial charge is 0.292 e. The molecule has 2 aromatic rings. The molecule has 128 valence electrons. The highest BCUT2D eigenvalue weighted by Crippen LogP contribution is 2.23. The van der Waals surface area contributed by atoms with Gasteiger partial charge < -0.3 is 15.6 Å². The lowest BCUT2D eigenvalue weighted by molar-refractivity contribution is -0.383. The standard InChI is InChI=1S/C15H19N5O4/c1-8(13-18-14(19-24-13)15(2,3)4)17-12(21)9-5-6-10(16)11(7-9)20(22)23/h5-8H,16H2,1-4H3,(H,17,21). The highest BCUT2D eigenvalue weighted by atomic mass is 16.6. The van der Waals surface area contributed by atoms with Crippen LogP contribution in [0.15, 0.2) is 22.7 Å². The maximum Gasteiger partial charge on any atom is 0.292 e. The first-order valence-corrected chi connectivity index (χ1v) is 7.28. The molecular formula is C15H19N5O4. The minimum atomic E-state index is -0.636. The Kier molecular flexibility index (Phi) is 4.54. The van der Waals surface area contributed by atoms with E-state index in [1.54, 1.807) is 6.92 Å². The van der Waals surface area contributed by atoms with Gasteiger partial charge in [0.2, 0.25) is 5.89 Å². The predicted octanol–water partition coefficient (Wildman–Crippen LogP) is 2.35. The van der Waals surface area contributed by atoms with Crippen molar-refractivity contribution in [2.75, 3.05) is 5.73 Å². The van der Waals surface area contributed by atoms with E-state index in [1.807, 2.05) is 20.8 Å². The van der Waals surface area contributed by atoms with Crippen molar-refractivity contribution < 1.29 is 14.2 Å². The Hall–Kier alpha value is -2.97. The van der Waals surface area contributed by atoms with Gasteiger partial charge in [0, 0.05) is 17.0 Å². The summed E-state index contributed by atoms with van der Waals surface area (Å²) in [6.45, 7) is 7.51. The molecule has 0 aliphatic rings. The van der Waals surface area contributed by atoms with E-state index in [4.69, 9.17) is 10.3 Å². The van der Waals surface area contributed by atoms with Gasteiger partial charge in [0.15, 0.2) is 5.82 Å². The Labute approximate surface area is 138 Å². The summed E-state index contributed by atoms with van der Waals surface area (Å²) in [7, 11) is 0. The van der Waals surface area contributed by atoms with Gasteiger partial charge in [-0.1, -0.05) is 25.9 Å². The molecule has 0 saturated heterocycles. The van der Waals surface area contributed by atoms with Crippen LogP contribution in [0.1, 0.15) is 55.8 Å². The summed E-state index contributed by atoms with van der Waals surface area (Å²) in [5, 5.41) is 17.5. The molecule has 24 heavy (non-hydrogen) atoms. The number of nitrogen functional groups attached to an aromatic ring is 1. The lowest BCUT2D eigenvalue weighted by Gasteiger charge is -2.12. The second-order valence-corrected chi connectivity index (χ2v) is 6.43. The fraction of sp³-hybridized carbons (Fsp3) is 0.400. The molecule has 1 heterocycles. The Balaban J connectivity index is 2.16. The van der Waals surface area contributed by atoms with Crippen molar-refractivity contribution in [3.63, 3.8) is 0 Å². The van der Waals surface area contributed by atoms with E-state index in [1.165, 1.54) is 12.1 Å². The van der Waals surface area contributed by atoms with Crippen LogP contribution in [0.5, 0.6) is 0 Å². The molecule has 0 bridgehead atoms. The number of nitrogens with two attached hydrogens (primary N) is 1. The van der Waals surface area contributed by atoms with Crippen LogP contribution in [0.3, 0.4) is 0 Å². The number of hydrogen-bond acceptors (Lipinski definition) is 7. The molecule has 1 atom stereocenters. The summed E-state index contributed by atoms with van der Waals surface area (Å²) >= 11 is 0. The minimum Gasteiger partial charge on any atom is -0.393 e. The summed E-state index contributed by atoms with van der Waals surface area (Å²) in [5.41, 5.74) is 5.05. The molecule has 0 aliphatic carbocycles. The van der Waals surface area contributed by atoms with E-state index < -0.39 is 16.9 Å². The second-order valence-electron chi connectivity index (χ2n) is 6.43. The third-order valence-corrected chi connectivity index (χ3v) is 3.32. The predicted molar refractivity (Wildman–Crippen MR) is 86.4 cm³/mol. The number of hydrogen-bond donors (Lipinski definition) is 2. The normalized spacial score (nSPS) is 12.7. The van der Waals surface area contributed by atoms with Crippen LogP contribution >= 0.6 is 0 Å². The van der Waals surface area contributed by atoms with Crippen molar-refractivity contribution in [2.24, 2.45) is 0 Å². The highest BCUT2D eigenvalue weighted by molar-refractivity contribution is 5.95. The number of amides is 1. The number of benzene rings is 1. The molecular weight excluding hydrogens is 314 g/mol. The molecule has 2 rings (SSSR count). The monoisotopic (exact) mass is 333 g/mol. The number of carbonyl (C=O) groups excluding carboxylic acids is 1. The average molecular weight is 333 g/mol. The Morgan fingerprint density at radius 2 is 2.08 bits per heavy atom. The Bertz CT molecular complexity index is 778. The number of nitrogens with zero attached hydrogens (tertiary/aromatic N) is 3. The number of rotatable bonds is 4. The molecule has 0 saturated carbocycles. The first kappa shape index (κ1) is 17.4. The van der Waals surface area contributed by atoms with Gasteiger partial charge in [0.25, 0.3) is 11.6 Å². The largest absolute Gasteiger partial charge is 0.393 e. The minimum absolute atomic E-state index is 0.00341. The molecule has 3 N–H and O–H groups in total. The zero-order valence-electron chi connectivity index (χ0n) is 13.9. The Morgan fingerprint density at radius 3 is 2.62 bits per heavy atom. The van der Waals surface area contributed by atoms with E-state index in [-0.39, 0.29) is 28.2 Å². The van der Waals surface area contributed by atoms with Crippen LogP contribution in [-0.4, -0.2) is 21.0 Å². The number of nitrogens with one attached hydrogen (secondary N) is 1. The van der Waals surface area contributed by atoms with Crippen LogP contribution in [0.25, 0.3) is 0 Å². The fourth-order valence-electron chi connectivity index (χ4n) is 1.90. The molecule has 1 aromatic heterocycles. The van der Waals surface area contributed by atoms with Crippen molar-refractivity contribution in [1.29, 1.82) is 0 Å². The maximum atomic E-state index is 12.3. The van der Waals surface area contributed by atoms with Crippen LogP contribution in [-0.2, 0) is 5.41 Å². The fourth-order valence-corrected chi connectivity index (χ4v) is 1.90. The van der Waals surface area contributed by atoms with Crippen molar-refractivity contribution in [3.05, 3.63) is 45.6 Å². The number of nitro groups is 1. The molecule has 1 aromatic carbocycles. The zero-order valence-corrected chi connectivity index (χ0v) is 13.9. The van der Waals surface area contributed by atoms with Gasteiger partial charge in [0.1, 0.15) is 11.7 Å². The van der Waals surface area contributed by atoms with Crippen molar-refractivity contribution in [3.8, 4) is 0 Å². The van der Waals surface area contributed by atoms with Gasteiger partial charge in [-0.3, -0.25) is 14.9 Å². The quantitative estimate of drug-likeness (QED) is 0.497. The SMILES string of the molecule is CC(NC(=O)c1ccc(N)c([N+](=O)[O-])c1)c1nc(C(C)(C)C)no1. The highest BCUT2D eigenvalue weighted by Gasteiger charge is 2.24. The molecule has 1 amide bonds. The lowest BCUT2D eigenvalue weighted by atomic mass is 9.96. The number of aromatic nitrogens is 2. The first-order valence-electron chi connectivity index (χ1n) is 7.28. The van der Waals surface area contributed by atoms with Gasteiger partial charge in [-0.2, -0.15) is 4.98 Å². The molecule has 0 spiro atoms. The summed E-state index contributed by atoms with van der Waals surface area (Å²) in [6, 6.07) is 3.32. The van der Waals surface area contributed by atoms with Gasteiger partial charge in [-0.15, -0.1) is 0 Å². The number of anilines is 1. The van der Waals surface area contributed by atoms with E-state index in [0.29, 0.717) is 5.82 Å². The number of carbonyl (C=O) groups is 1. The van der Waals surface area contributed by atoms with E-state index in [9.17, 15) is 14.9 Å². The van der Waals surface area contributed by atoms with Gasteiger partial charge in [-0.05, 0) is 19.1 Å². The molecule has 9 heteroatoms. The van der Waals surface area contributed by atoms with Gasteiger partial charge in [0.05, 0.1) is 4.92 Å². The van der Waals surface area contributed by atoms with Crippen molar-refractivity contribution >= 4 is 17.3 Å². The van der Waals surface area contributed by atoms with Crippen molar-refractivity contribution in [1.82, 2.24) is 15.5 Å². The zero-order chi connectivity index (χ0) is 18.1. The van der Waals surface area contributed by atoms with Gasteiger partial charge in [-0.25, -0.2) is 0 Å². The van der Waals surface area contributed by atoms with E-state index in [2.05, 4.69) is 15.5 Å². The summed E-state index contributed by atoms with van der Waals surface area (Å²) in [4.78, 5) is 26.8. The summed E-state index contributed by atoms with van der Waals surface area (Å²) in [5.74, 6) is 0.293. The Morgan fingerprint density at radius 1 is 1.42 bits per heavy atom. The molecule has 9 nitrogen and oxygen atoms in total. The third-order valence-electron chi connectivity index (χ3n) is 3.32. The maximum absolute atomic E-state index is 12.3. The third kappa shape index (κ3) is 3.67. The summed E-state index contributed by atoms with van der Waals surface area (Å²) in [6.07, 6.45) is 0. The molecule has 0 fully saturated rings. The van der Waals surface area contributed by atoms with Crippen molar-refractivity contribution in [2.45, 2.75) is 39.2 Å². The molecule has 1 unspecified atom stereocenters. The molecule has 0 aliphatic heterocycles. The van der Waals surface area contributed by atoms with E-state index in [0.717, 1.165) is 6.07 Å². The summed E-state index contributed by atoms with van der Waals surface area (Å²) < 4.78 is 5.17. The molecule has 0 radical (unpaired) electrons. The lowest BCUT2D eigenvalue weighted by Crippen LogP contribution is -2.27. The van der Waals surface area contributed by atoms with Crippen LogP contribution in [0.4, 0.5) is 11.4 Å². The number of nitro benzene ring substituents is 1. The second kappa shape index (κ2) is 6.26. The van der Waals surface area contributed by atoms with E-state index >= 15 is 0 Å². The van der Waals surface area contributed by atoms with Crippen LogP contribution < -0.4 is 11.1 Å². The topological polar surface area (TPSA) is 137 Å². The average Bonchev–Trinajstić information content (AvgIpc) is 2.97.